The van der Waals surface area contributed by atoms with Gasteiger partial charge in [-0.2, -0.15) is 0 Å². The van der Waals surface area contributed by atoms with Crippen molar-refractivity contribution in [1.29, 1.82) is 0 Å². The highest BCUT2D eigenvalue weighted by molar-refractivity contribution is 6.30. The number of hydrogen-bond acceptors (Lipinski definition) is 3. The van der Waals surface area contributed by atoms with Gasteiger partial charge in [0.25, 0.3) is 0 Å². The maximum Gasteiger partial charge on any atom is 0.142 e. The fourth-order valence-electron chi connectivity index (χ4n) is 3.27. The van der Waals surface area contributed by atoms with Crippen molar-refractivity contribution >= 4 is 11.6 Å². The molecule has 0 amide bonds. The minimum atomic E-state index is -0.430. The van der Waals surface area contributed by atoms with E-state index in [4.69, 9.17) is 22.2 Å². The first kappa shape index (κ1) is 15.7. The van der Waals surface area contributed by atoms with Crippen LogP contribution in [-0.4, -0.2) is 11.2 Å². The average molecular weight is 301 g/mol. The Morgan fingerprint density at radius 2 is 2.05 bits per heavy atom. The van der Waals surface area contributed by atoms with Gasteiger partial charge in [-0.15, -0.1) is 0 Å². The Bertz CT molecular complexity index is 505. The molecule has 0 aliphatic carbocycles. The summed E-state index contributed by atoms with van der Waals surface area (Å²) in [5, 5.41) is 0.117. The van der Waals surface area contributed by atoms with E-state index in [1.165, 1.54) is 6.07 Å². The van der Waals surface area contributed by atoms with Gasteiger partial charge >= 0.3 is 0 Å². The SMILES string of the molecule is CC1(C)CC(C(NN)c2ccc(Cl)c(F)c2)C(C)(C)O1. The molecular weight excluding hydrogens is 279 g/mol. The van der Waals surface area contributed by atoms with E-state index < -0.39 is 5.82 Å². The third-order valence-corrected chi connectivity index (χ3v) is 4.34. The van der Waals surface area contributed by atoms with E-state index in [0.29, 0.717) is 0 Å². The Balaban J connectivity index is 2.35. The molecule has 3 nitrogen and oxygen atoms in total. The summed E-state index contributed by atoms with van der Waals surface area (Å²) in [5.41, 5.74) is 3.05. The molecule has 20 heavy (non-hydrogen) atoms. The summed E-state index contributed by atoms with van der Waals surface area (Å²) >= 11 is 5.74. The Labute approximate surface area is 124 Å². The molecule has 2 rings (SSSR count). The highest BCUT2D eigenvalue weighted by Gasteiger charge is 2.49. The normalized spacial score (nSPS) is 25.6. The van der Waals surface area contributed by atoms with E-state index in [1.54, 1.807) is 12.1 Å². The minimum absolute atomic E-state index is 0.117. The summed E-state index contributed by atoms with van der Waals surface area (Å²) in [5.74, 6) is 5.43. The lowest BCUT2D eigenvalue weighted by molar-refractivity contribution is -0.0779. The summed E-state index contributed by atoms with van der Waals surface area (Å²) in [6, 6.07) is 4.62. The highest BCUT2D eigenvalue weighted by atomic mass is 35.5. The predicted octanol–water partition coefficient (Wildman–Crippen LogP) is 3.58. The molecule has 0 bridgehead atoms. The van der Waals surface area contributed by atoms with Gasteiger partial charge in [-0.1, -0.05) is 17.7 Å². The summed E-state index contributed by atoms with van der Waals surface area (Å²) in [6.45, 7) is 8.21. The van der Waals surface area contributed by atoms with Crippen molar-refractivity contribution in [3.63, 3.8) is 0 Å². The Morgan fingerprint density at radius 3 is 2.50 bits per heavy atom. The molecule has 0 saturated carbocycles. The molecule has 1 aliphatic heterocycles. The number of halogens is 2. The number of benzene rings is 1. The Morgan fingerprint density at radius 1 is 1.40 bits per heavy atom. The van der Waals surface area contributed by atoms with E-state index >= 15 is 0 Å². The van der Waals surface area contributed by atoms with Gasteiger partial charge in [-0.3, -0.25) is 11.3 Å². The van der Waals surface area contributed by atoms with Crippen molar-refractivity contribution in [3.05, 3.63) is 34.6 Å². The van der Waals surface area contributed by atoms with Crippen molar-refractivity contribution in [1.82, 2.24) is 5.43 Å². The minimum Gasteiger partial charge on any atom is -0.369 e. The third-order valence-electron chi connectivity index (χ3n) is 4.03. The van der Waals surface area contributed by atoms with Gasteiger partial charge in [0.1, 0.15) is 5.82 Å². The second-order valence-electron chi connectivity index (χ2n) is 6.59. The number of hydrogen-bond donors (Lipinski definition) is 2. The smallest absolute Gasteiger partial charge is 0.142 e. The first-order valence-electron chi connectivity index (χ1n) is 6.77. The Hall–Kier alpha value is -0.680. The maximum atomic E-state index is 13.7. The molecule has 112 valence electrons. The van der Waals surface area contributed by atoms with E-state index in [9.17, 15) is 4.39 Å². The van der Waals surface area contributed by atoms with Crippen LogP contribution < -0.4 is 11.3 Å². The van der Waals surface area contributed by atoms with Gasteiger partial charge in [-0.25, -0.2) is 4.39 Å². The number of hydrazine groups is 1. The first-order chi connectivity index (χ1) is 9.16. The van der Waals surface area contributed by atoms with Gasteiger partial charge in [0.05, 0.1) is 22.3 Å². The van der Waals surface area contributed by atoms with Crippen LogP contribution in [0.5, 0.6) is 0 Å². The summed E-state index contributed by atoms with van der Waals surface area (Å²) in [7, 11) is 0. The molecule has 0 aromatic heterocycles. The zero-order chi connectivity index (χ0) is 15.1. The lowest BCUT2D eigenvalue weighted by Crippen LogP contribution is -2.41. The van der Waals surface area contributed by atoms with Crippen molar-refractivity contribution in [2.45, 2.75) is 51.4 Å². The molecule has 2 atom stereocenters. The lowest BCUT2D eigenvalue weighted by Gasteiger charge is -2.33. The van der Waals surface area contributed by atoms with Crippen LogP contribution >= 0.6 is 11.6 Å². The summed E-state index contributed by atoms with van der Waals surface area (Å²) < 4.78 is 19.8. The maximum absolute atomic E-state index is 13.7. The van der Waals surface area contributed by atoms with Crippen molar-refractivity contribution in [2.24, 2.45) is 11.8 Å². The second kappa shape index (κ2) is 5.26. The molecule has 0 spiro atoms. The summed E-state index contributed by atoms with van der Waals surface area (Å²) in [6.07, 6.45) is 0.846. The quantitative estimate of drug-likeness (QED) is 0.662. The van der Waals surface area contributed by atoms with Crippen LogP contribution in [0, 0.1) is 11.7 Å². The number of nitrogens with two attached hydrogens (primary N) is 1. The van der Waals surface area contributed by atoms with Crippen molar-refractivity contribution < 1.29 is 9.13 Å². The monoisotopic (exact) mass is 300 g/mol. The molecular formula is C15H22ClFN2O. The fourth-order valence-corrected chi connectivity index (χ4v) is 3.39. The van der Waals surface area contributed by atoms with E-state index in [-0.39, 0.29) is 28.2 Å². The van der Waals surface area contributed by atoms with Gasteiger partial charge < -0.3 is 4.74 Å². The van der Waals surface area contributed by atoms with Crippen molar-refractivity contribution in [3.8, 4) is 0 Å². The molecule has 0 radical (unpaired) electrons. The topological polar surface area (TPSA) is 47.3 Å². The van der Waals surface area contributed by atoms with Crippen LogP contribution in [0.25, 0.3) is 0 Å². The van der Waals surface area contributed by atoms with E-state index in [1.807, 2.05) is 13.8 Å². The van der Waals surface area contributed by atoms with Crippen molar-refractivity contribution in [2.75, 3.05) is 0 Å². The van der Waals surface area contributed by atoms with Gasteiger partial charge in [-0.05, 0) is 51.8 Å². The van der Waals surface area contributed by atoms with Crippen LogP contribution in [0.15, 0.2) is 18.2 Å². The van der Waals surface area contributed by atoms with E-state index in [0.717, 1.165) is 12.0 Å². The highest BCUT2D eigenvalue weighted by Crippen LogP contribution is 2.47. The number of nitrogens with one attached hydrogen (secondary N) is 1. The average Bonchev–Trinajstić information content (AvgIpc) is 2.53. The third kappa shape index (κ3) is 2.98. The summed E-state index contributed by atoms with van der Waals surface area (Å²) in [4.78, 5) is 0. The standard InChI is InChI=1S/C15H22ClFN2O/c1-14(2)8-10(15(3,4)20-14)13(19-18)9-5-6-11(16)12(17)7-9/h5-7,10,13,19H,8,18H2,1-4H3. The van der Waals surface area contributed by atoms with Crippen LogP contribution in [0.3, 0.4) is 0 Å². The van der Waals surface area contributed by atoms with Crippen LogP contribution in [0.4, 0.5) is 4.39 Å². The van der Waals surface area contributed by atoms with Crippen LogP contribution in [0.2, 0.25) is 5.02 Å². The van der Waals surface area contributed by atoms with Gasteiger partial charge in [0.2, 0.25) is 0 Å². The number of rotatable bonds is 3. The zero-order valence-corrected chi connectivity index (χ0v) is 13.1. The Kier molecular flexibility index (Phi) is 4.13. The first-order valence-corrected chi connectivity index (χ1v) is 7.15. The molecule has 1 aromatic carbocycles. The molecule has 1 heterocycles. The molecule has 3 N–H and O–H groups in total. The van der Waals surface area contributed by atoms with Gasteiger partial charge in [0, 0.05) is 5.92 Å². The second-order valence-corrected chi connectivity index (χ2v) is 7.00. The molecule has 1 aliphatic rings. The molecule has 1 saturated heterocycles. The van der Waals surface area contributed by atoms with Crippen LogP contribution in [-0.2, 0) is 4.74 Å². The molecule has 1 fully saturated rings. The fraction of sp³-hybridized carbons (Fsp3) is 0.600. The largest absolute Gasteiger partial charge is 0.369 e. The zero-order valence-electron chi connectivity index (χ0n) is 12.3. The number of ether oxygens (including phenoxy) is 1. The predicted molar refractivity (Wildman–Crippen MR) is 78.8 cm³/mol. The molecule has 1 aromatic rings. The molecule has 2 unspecified atom stereocenters. The van der Waals surface area contributed by atoms with E-state index in [2.05, 4.69) is 19.3 Å². The lowest BCUT2D eigenvalue weighted by atomic mass is 9.79. The molecule has 5 heteroatoms. The van der Waals surface area contributed by atoms with Crippen LogP contribution in [0.1, 0.15) is 45.7 Å². The van der Waals surface area contributed by atoms with Gasteiger partial charge in [0.15, 0.2) is 0 Å².